The van der Waals surface area contributed by atoms with Crippen LogP contribution in [-0.2, 0) is 10.0 Å². The maximum absolute atomic E-state index is 12.8. The summed E-state index contributed by atoms with van der Waals surface area (Å²) in [7, 11) is -4.02. The molecule has 2 N–H and O–H groups in total. The molecule has 0 heterocycles. The quantitative estimate of drug-likeness (QED) is 0.499. The van der Waals surface area contributed by atoms with E-state index in [2.05, 4.69) is 4.72 Å². The van der Waals surface area contributed by atoms with Crippen molar-refractivity contribution in [2.75, 3.05) is 4.72 Å². The number of nitro groups is 1. The number of rotatable bonds is 4. The van der Waals surface area contributed by atoms with Gasteiger partial charge >= 0.3 is 0 Å². The summed E-state index contributed by atoms with van der Waals surface area (Å²) >= 11 is 0. The van der Waals surface area contributed by atoms with Gasteiger partial charge in [0.05, 0.1) is 15.5 Å². The van der Waals surface area contributed by atoms with E-state index in [4.69, 9.17) is 0 Å². The van der Waals surface area contributed by atoms with Crippen LogP contribution >= 0.6 is 0 Å². The van der Waals surface area contributed by atoms with E-state index in [0.717, 1.165) is 29.3 Å². The first kappa shape index (κ1) is 17.7. The number of hydrogen-bond acceptors (Lipinski definition) is 5. The van der Waals surface area contributed by atoms with Gasteiger partial charge in [-0.2, -0.15) is 0 Å². The lowest BCUT2D eigenvalue weighted by atomic mass is 10.0. The highest BCUT2D eigenvalue weighted by Gasteiger charge is 2.24. The molecule has 8 heteroatoms. The third-order valence-corrected chi connectivity index (χ3v) is 5.64. The van der Waals surface area contributed by atoms with Crippen molar-refractivity contribution in [1.29, 1.82) is 0 Å². The number of non-ortho nitro benzene ring substituents is 1. The van der Waals surface area contributed by atoms with Crippen LogP contribution in [0.5, 0.6) is 5.75 Å². The van der Waals surface area contributed by atoms with Crippen molar-refractivity contribution in [1.82, 2.24) is 0 Å². The molecule has 2 aromatic rings. The number of sulfonamides is 1. The lowest BCUT2D eigenvalue weighted by Crippen LogP contribution is -2.17. The van der Waals surface area contributed by atoms with Crippen molar-refractivity contribution in [3.8, 4) is 5.75 Å². The molecule has 2 aromatic carbocycles. The number of aryl methyl sites for hydroxylation is 2. The van der Waals surface area contributed by atoms with Crippen molar-refractivity contribution in [3.05, 3.63) is 56.6 Å². The van der Waals surface area contributed by atoms with Gasteiger partial charge in [0.2, 0.25) is 0 Å². The molecule has 0 unspecified atom stereocenters. The number of aromatic hydroxyl groups is 1. The van der Waals surface area contributed by atoms with Crippen LogP contribution in [0, 0.1) is 37.8 Å². The van der Waals surface area contributed by atoms with E-state index in [9.17, 15) is 23.6 Å². The van der Waals surface area contributed by atoms with E-state index >= 15 is 0 Å². The Balaban J connectivity index is 2.59. The van der Waals surface area contributed by atoms with Crippen molar-refractivity contribution in [3.63, 3.8) is 0 Å². The monoisotopic (exact) mass is 350 g/mol. The molecule has 0 aliphatic heterocycles. The Kier molecular flexibility index (Phi) is 4.52. The molecule has 0 radical (unpaired) electrons. The summed E-state index contributed by atoms with van der Waals surface area (Å²) in [5, 5.41) is 20.7. The number of nitro benzene ring substituents is 1. The highest BCUT2D eigenvalue weighted by Crippen LogP contribution is 2.32. The largest absolute Gasteiger partial charge is 0.506 e. The average Bonchev–Trinajstić information content (AvgIpc) is 2.47. The van der Waals surface area contributed by atoms with Crippen LogP contribution in [0.1, 0.15) is 22.3 Å². The maximum Gasteiger partial charge on any atom is 0.271 e. The zero-order valence-corrected chi connectivity index (χ0v) is 14.6. The minimum Gasteiger partial charge on any atom is -0.506 e. The summed E-state index contributed by atoms with van der Waals surface area (Å²) in [6.07, 6.45) is 0. The lowest BCUT2D eigenvalue weighted by molar-refractivity contribution is -0.384. The summed E-state index contributed by atoms with van der Waals surface area (Å²) in [5.41, 5.74) is 2.27. The van der Waals surface area contributed by atoms with Crippen LogP contribution in [0.25, 0.3) is 0 Å². The first-order valence-corrected chi connectivity index (χ1v) is 8.60. The number of phenols is 1. The van der Waals surface area contributed by atoms with Crippen molar-refractivity contribution in [2.45, 2.75) is 32.6 Å². The summed E-state index contributed by atoms with van der Waals surface area (Å²) in [6.45, 7) is 7.02. The third kappa shape index (κ3) is 3.18. The fourth-order valence-electron chi connectivity index (χ4n) is 2.50. The molecule has 128 valence electrons. The number of anilines is 1. The second kappa shape index (κ2) is 6.12. The minimum absolute atomic E-state index is 0.117. The number of hydrogen-bond donors (Lipinski definition) is 2. The van der Waals surface area contributed by atoms with Crippen LogP contribution in [0.2, 0.25) is 0 Å². The molecule has 0 atom stereocenters. The number of nitrogens with zero attached hydrogens (tertiary/aromatic N) is 1. The van der Waals surface area contributed by atoms with Crippen LogP contribution in [-0.4, -0.2) is 18.4 Å². The lowest BCUT2D eigenvalue weighted by Gasteiger charge is -2.17. The van der Waals surface area contributed by atoms with Crippen molar-refractivity contribution in [2.24, 2.45) is 0 Å². The van der Waals surface area contributed by atoms with Crippen LogP contribution < -0.4 is 4.72 Å². The third-order valence-electron chi connectivity index (χ3n) is 4.00. The first-order valence-electron chi connectivity index (χ1n) is 7.12. The normalized spacial score (nSPS) is 11.3. The molecule has 7 nitrogen and oxygen atoms in total. The molecule has 0 spiro atoms. The van der Waals surface area contributed by atoms with Gasteiger partial charge in [-0.15, -0.1) is 0 Å². The van der Waals surface area contributed by atoms with E-state index in [1.165, 1.54) is 0 Å². The summed E-state index contributed by atoms with van der Waals surface area (Å²) < 4.78 is 27.8. The number of benzene rings is 2. The van der Waals surface area contributed by atoms with Crippen molar-refractivity contribution >= 4 is 21.4 Å². The molecule has 0 aliphatic rings. The van der Waals surface area contributed by atoms with Gasteiger partial charge in [0.1, 0.15) is 5.75 Å². The van der Waals surface area contributed by atoms with Gasteiger partial charge in [-0.05, 0) is 56.0 Å². The number of phenolic OH excluding ortho intramolecular Hbond substituents is 1. The average molecular weight is 350 g/mol. The van der Waals surface area contributed by atoms with E-state index < -0.39 is 14.9 Å². The molecule has 0 fully saturated rings. The Hall–Kier alpha value is -2.61. The van der Waals surface area contributed by atoms with Gasteiger partial charge in [-0.3, -0.25) is 14.8 Å². The predicted molar refractivity (Wildman–Crippen MR) is 91.0 cm³/mol. The smallest absolute Gasteiger partial charge is 0.271 e. The Labute approximate surface area is 140 Å². The van der Waals surface area contributed by atoms with Gasteiger partial charge in [-0.1, -0.05) is 6.07 Å². The molecular formula is C16H18N2O5S. The van der Waals surface area contributed by atoms with E-state index in [1.807, 2.05) is 19.9 Å². The van der Waals surface area contributed by atoms with E-state index in [1.54, 1.807) is 13.8 Å². The summed E-state index contributed by atoms with van der Waals surface area (Å²) in [4.78, 5) is 10.3. The highest BCUT2D eigenvalue weighted by molar-refractivity contribution is 7.92. The summed E-state index contributed by atoms with van der Waals surface area (Å²) in [5.74, 6) is -0.385. The van der Waals surface area contributed by atoms with Crippen LogP contribution in [0.3, 0.4) is 0 Å². The first-order chi connectivity index (χ1) is 11.0. The fraction of sp³-hybridized carbons (Fsp3) is 0.250. The molecule has 0 aromatic heterocycles. The second-order valence-corrected chi connectivity index (χ2v) is 7.27. The van der Waals surface area contributed by atoms with Gasteiger partial charge in [0, 0.05) is 12.1 Å². The summed E-state index contributed by atoms with van der Waals surface area (Å²) in [6, 6.07) is 5.06. The van der Waals surface area contributed by atoms with Crippen LogP contribution in [0.15, 0.2) is 29.2 Å². The Morgan fingerprint density at radius 1 is 1.04 bits per heavy atom. The number of nitrogens with one attached hydrogen (secondary N) is 1. The standard InChI is InChI=1S/C16H18N2O5S/c1-9-7-10(2)12(4)16(11(9)3)24(22,23)17-14-8-13(18(20)21)5-6-15(14)19/h5-8,17,19H,1-4H3. The molecular weight excluding hydrogens is 332 g/mol. The Bertz CT molecular complexity index is 910. The molecule has 0 saturated heterocycles. The topological polar surface area (TPSA) is 110 Å². The predicted octanol–water partition coefficient (Wildman–Crippen LogP) is 3.33. The van der Waals surface area contributed by atoms with Gasteiger partial charge in [0.15, 0.2) is 0 Å². The molecule has 2 rings (SSSR count). The molecule has 0 aliphatic carbocycles. The minimum atomic E-state index is -4.02. The Morgan fingerprint density at radius 2 is 1.58 bits per heavy atom. The molecule has 0 amide bonds. The fourth-order valence-corrected chi connectivity index (χ4v) is 4.18. The van der Waals surface area contributed by atoms with Gasteiger partial charge < -0.3 is 5.11 Å². The second-order valence-electron chi connectivity index (χ2n) is 5.65. The van der Waals surface area contributed by atoms with Gasteiger partial charge in [-0.25, -0.2) is 8.42 Å². The molecule has 0 saturated carbocycles. The van der Waals surface area contributed by atoms with E-state index in [-0.39, 0.29) is 22.0 Å². The van der Waals surface area contributed by atoms with Gasteiger partial charge in [0.25, 0.3) is 15.7 Å². The highest BCUT2D eigenvalue weighted by atomic mass is 32.2. The zero-order chi connectivity index (χ0) is 18.2. The maximum atomic E-state index is 12.8. The molecule has 0 bridgehead atoms. The molecule has 24 heavy (non-hydrogen) atoms. The zero-order valence-electron chi connectivity index (χ0n) is 13.7. The SMILES string of the molecule is Cc1cc(C)c(C)c(S(=O)(=O)Nc2cc([N+](=O)[O-])ccc2O)c1C. The van der Waals surface area contributed by atoms with Crippen LogP contribution in [0.4, 0.5) is 11.4 Å². The van der Waals surface area contributed by atoms with E-state index in [0.29, 0.717) is 11.1 Å². The Morgan fingerprint density at radius 3 is 2.08 bits per heavy atom. The van der Waals surface area contributed by atoms with Crippen molar-refractivity contribution < 1.29 is 18.4 Å².